The molecular weight excluding hydrogens is 798 g/mol. The number of azo groups is 2. The monoisotopic (exact) mass is 844 g/mol. The summed E-state index contributed by atoms with van der Waals surface area (Å²) in [5, 5.41) is 20.2. The van der Waals surface area contributed by atoms with Crippen molar-refractivity contribution < 1.29 is 14.0 Å². The lowest BCUT2D eigenvalue weighted by Gasteiger charge is -2.31. The standard InChI is InChI=1S/C46H48Cl4N4O3/c1-43(2,3)33-15-25(16-34(41(33)55)44(4,5)6)39(53-51-31-21-27(47)19-28(48)22-31)37-13-14-38(57-37)40(54-52-32-23-29(49)20-30(50)24-32)26-17-35(45(7,8)9)42(56)36(18-26)46(10,11)12/h13-24H,1-12H3/b53-51+,54-52+. The van der Waals surface area contributed by atoms with E-state index in [1.165, 1.54) is 0 Å². The summed E-state index contributed by atoms with van der Waals surface area (Å²) in [5.41, 5.74) is 3.35. The molecule has 2 aliphatic carbocycles. The van der Waals surface area contributed by atoms with E-state index in [4.69, 9.17) is 61.0 Å². The van der Waals surface area contributed by atoms with Crippen LogP contribution < -0.4 is 0 Å². The molecule has 0 saturated heterocycles. The molecule has 0 fully saturated rings. The van der Waals surface area contributed by atoms with Crippen molar-refractivity contribution in [2.45, 2.75) is 83.1 Å². The van der Waals surface area contributed by atoms with Crippen molar-refractivity contribution in [1.29, 1.82) is 0 Å². The lowest BCUT2D eigenvalue weighted by molar-refractivity contribution is -0.114. The number of carbonyl (C=O) groups excluding carboxylic acids is 2. The van der Waals surface area contributed by atoms with E-state index in [1.54, 1.807) is 48.5 Å². The zero-order chi connectivity index (χ0) is 42.4. The van der Waals surface area contributed by atoms with E-state index in [0.29, 0.717) is 87.8 Å². The summed E-state index contributed by atoms with van der Waals surface area (Å²) < 4.78 is 6.71. The highest BCUT2D eigenvalue weighted by Crippen LogP contribution is 2.44. The number of rotatable bonds is 6. The molecule has 0 amide bonds. The van der Waals surface area contributed by atoms with E-state index < -0.39 is 21.7 Å². The van der Waals surface area contributed by atoms with Crippen molar-refractivity contribution in [3.63, 3.8) is 0 Å². The Hall–Kier alpha value is -4.14. The van der Waals surface area contributed by atoms with Gasteiger partial charge >= 0.3 is 0 Å². The first kappa shape index (κ1) is 44.0. The molecule has 0 bridgehead atoms. The predicted octanol–water partition coefficient (Wildman–Crippen LogP) is 15.9. The van der Waals surface area contributed by atoms with Crippen LogP contribution in [0.5, 0.6) is 0 Å². The minimum Gasteiger partial charge on any atom is -0.453 e. The highest BCUT2D eigenvalue weighted by molar-refractivity contribution is 6.35. The molecule has 0 N–H and O–H groups in total. The quantitative estimate of drug-likeness (QED) is 0.231. The van der Waals surface area contributed by atoms with Gasteiger partial charge in [-0.25, -0.2) is 0 Å². The van der Waals surface area contributed by atoms with E-state index in [9.17, 15) is 9.59 Å². The summed E-state index contributed by atoms with van der Waals surface area (Å²) in [6.45, 7) is 24.1. The summed E-state index contributed by atoms with van der Waals surface area (Å²) >= 11 is 25.3. The first-order chi connectivity index (χ1) is 26.2. The Kier molecular flexibility index (Phi) is 12.5. The lowest BCUT2D eigenvalue weighted by atomic mass is 9.71. The molecule has 0 saturated carbocycles. The molecule has 2 aliphatic rings. The Labute approximate surface area is 356 Å². The molecule has 0 atom stereocenters. The number of nitrogens with zero attached hydrogens (tertiary/aromatic N) is 4. The fourth-order valence-corrected chi connectivity index (χ4v) is 7.29. The average molecular weight is 847 g/mol. The number of hydrogen-bond donors (Lipinski definition) is 0. The minimum absolute atomic E-state index is 0.0277. The van der Waals surface area contributed by atoms with Gasteiger partial charge in [0.1, 0.15) is 11.4 Å². The molecule has 1 heterocycles. The molecule has 0 spiro atoms. The van der Waals surface area contributed by atoms with Crippen molar-refractivity contribution in [2.75, 3.05) is 0 Å². The number of carbonyl (C=O) groups is 2. The number of benzene rings is 2. The normalized spacial score (nSPS) is 16.0. The summed E-state index contributed by atoms with van der Waals surface area (Å²) in [4.78, 5) is 27.9. The molecule has 298 valence electrons. The van der Waals surface area contributed by atoms with Gasteiger partial charge in [-0.15, -0.1) is 10.2 Å². The molecule has 57 heavy (non-hydrogen) atoms. The summed E-state index contributed by atoms with van der Waals surface area (Å²) in [5.74, 6) is 0.623. The maximum Gasteiger partial charge on any atom is 0.186 e. The van der Waals surface area contributed by atoms with Gasteiger partial charge in [0.05, 0.1) is 11.4 Å². The molecule has 3 aromatic rings. The van der Waals surface area contributed by atoms with Gasteiger partial charge in [0.2, 0.25) is 0 Å². The van der Waals surface area contributed by atoms with Crippen LogP contribution in [-0.4, -0.2) is 11.6 Å². The smallest absolute Gasteiger partial charge is 0.186 e. The maximum absolute atomic E-state index is 13.9. The van der Waals surface area contributed by atoms with Gasteiger partial charge in [-0.05, 0) is 94.5 Å². The molecular formula is C46H48Cl4N4O3. The third-order valence-electron chi connectivity index (χ3n) is 9.26. The minimum atomic E-state index is -0.488. The molecule has 0 unspecified atom stereocenters. The maximum atomic E-state index is 13.9. The molecule has 11 heteroatoms. The zero-order valence-electron chi connectivity index (χ0n) is 34.5. The van der Waals surface area contributed by atoms with Gasteiger partial charge in [-0.1, -0.05) is 129 Å². The number of hydrogen-bond acceptors (Lipinski definition) is 7. The lowest BCUT2D eigenvalue weighted by Crippen LogP contribution is -2.28. The first-order valence-electron chi connectivity index (χ1n) is 18.6. The van der Waals surface area contributed by atoms with Crippen LogP contribution in [0.4, 0.5) is 11.4 Å². The molecule has 0 radical (unpaired) electrons. The van der Waals surface area contributed by atoms with Crippen molar-refractivity contribution >= 4 is 80.7 Å². The Morgan fingerprint density at radius 2 is 0.719 bits per heavy atom. The van der Waals surface area contributed by atoms with Gasteiger partial charge in [0, 0.05) is 53.5 Å². The van der Waals surface area contributed by atoms with Crippen molar-refractivity contribution in [2.24, 2.45) is 42.1 Å². The van der Waals surface area contributed by atoms with Gasteiger partial charge in [-0.2, -0.15) is 10.2 Å². The second-order valence-electron chi connectivity index (χ2n) is 18.3. The Morgan fingerprint density at radius 1 is 0.456 bits per heavy atom. The highest BCUT2D eigenvalue weighted by atomic mass is 35.5. The van der Waals surface area contributed by atoms with E-state index in [1.807, 2.05) is 107 Å². The van der Waals surface area contributed by atoms with Crippen LogP contribution in [0.15, 0.2) is 131 Å². The van der Waals surface area contributed by atoms with Crippen molar-refractivity contribution in [3.05, 3.63) is 138 Å². The number of furan rings is 1. The number of allylic oxidation sites excluding steroid dienone is 10. The Bertz CT molecular complexity index is 2130. The number of halogens is 4. The molecule has 5 rings (SSSR count). The summed E-state index contributed by atoms with van der Waals surface area (Å²) in [7, 11) is 0. The summed E-state index contributed by atoms with van der Waals surface area (Å²) in [6.07, 6.45) is 7.41. The fraction of sp³-hybridized carbons (Fsp3) is 0.348. The van der Waals surface area contributed by atoms with Crippen LogP contribution in [0.2, 0.25) is 20.1 Å². The van der Waals surface area contributed by atoms with Gasteiger partial charge in [0.15, 0.2) is 23.1 Å². The first-order valence-corrected chi connectivity index (χ1v) is 20.1. The van der Waals surface area contributed by atoms with Crippen molar-refractivity contribution in [1.82, 2.24) is 0 Å². The van der Waals surface area contributed by atoms with E-state index in [2.05, 4.69) is 10.2 Å². The fourth-order valence-electron chi connectivity index (χ4n) is 6.26. The SMILES string of the molecule is CC(C)(C)C1=CC(=C(/N=N/c2cc(Cl)cc(Cl)c2)c2ccc(C(/N=N/c3cc(Cl)cc(Cl)c3)=C3C=C(C(C)(C)C)C(=O)C(C(C)(C)C)=C3)o2)C=C(C(C)(C)C)C1=O. The molecule has 0 aliphatic heterocycles. The van der Waals surface area contributed by atoms with Crippen LogP contribution in [0.1, 0.15) is 94.6 Å². The van der Waals surface area contributed by atoms with Gasteiger partial charge < -0.3 is 4.42 Å². The largest absolute Gasteiger partial charge is 0.453 e. The Morgan fingerprint density at radius 3 is 0.965 bits per heavy atom. The van der Waals surface area contributed by atoms with E-state index >= 15 is 0 Å². The predicted molar refractivity (Wildman–Crippen MR) is 235 cm³/mol. The topological polar surface area (TPSA) is 96.7 Å². The van der Waals surface area contributed by atoms with Gasteiger partial charge in [-0.3, -0.25) is 9.59 Å². The third-order valence-corrected chi connectivity index (χ3v) is 10.1. The number of Topliss-reactive ketones (excluding diaryl/α,β-unsaturated/α-hetero) is 2. The number of ketones is 2. The highest BCUT2D eigenvalue weighted by Gasteiger charge is 2.37. The molecule has 2 aromatic carbocycles. The van der Waals surface area contributed by atoms with E-state index in [0.717, 1.165) is 0 Å². The van der Waals surface area contributed by atoms with E-state index in [-0.39, 0.29) is 11.6 Å². The van der Waals surface area contributed by atoms with Crippen LogP contribution in [0.3, 0.4) is 0 Å². The molecule has 1 aromatic heterocycles. The second-order valence-corrected chi connectivity index (χ2v) is 20.1. The summed E-state index contributed by atoms with van der Waals surface area (Å²) in [6, 6.07) is 13.4. The van der Waals surface area contributed by atoms with Gasteiger partial charge in [0.25, 0.3) is 0 Å². The average Bonchev–Trinajstić information content (AvgIpc) is 3.52. The Balaban J connectivity index is 1.85. The van der Waals surface area contributed by atoms with Crippen LogP contribution in [-0.2, 0) is 9.59 Å². The molecule has 7 nitrogen and oxygen atoms in total. The zero-order valence-corrected chi connectivity index (χ0v) is 37.5. The van der Waals surface area contributed by atoms with Crippen molar-refractivity contribution in [3.8, 4) is 0 Å². The van der Waals surface area contributed by atoms with Crippen LogP contribution in [0.25, 0.3) is 11.4 Å². The van der Waals surface area contributed by atoms with Crippen LogP contribution >= 0.6 is 46.4 Å². The third kappa shape index (κ3) is 10.5. The second kappa shape index (κ2) is 16.2. The van der Waals surface area contributed by atoms with Crippen LogP contribution in [0, 0.1) is 21.7 Å².